The quantitative estimate of drug-likeness (QED) is 0.499. The van der Waals surface area contributed by atoms with Gasteiger partial charge in [-0.3, -0.25) is 9.59 Å². The monoisotopic (exact) mass is 458 g/mol. The number of carbonyl (C=O) groups excluding carboxylic acids is 2. The predicted molar refractivity (Wildman–Crippen MR) is 125 cm³/mol. The highest BCUT2D eigenvalue weighted by Crippen LogP contribution is 2.21. The van der Waals surface area contributed by atoms with Crippen molar-refractivity contribution in [3.63, 3.8) is 0 Å². The minimum absolute atomic E-state index is 0.0292. The lowest BCUT2D eigenvalue weighted by Crippen LogP contribution is -2.44. The molecule has 0 aliphatic carbocycles. The summed E-state index contributed by atoms with van der Waals surface area (Å²) in [5.41, 5.74) is 0. The molecule has 3 rings (SSSR count). The van der Waals surface area contributed by atoms with Gasteiger partial charge in [0.2, 0.25) is 11.8 Å². The third kappa shape index (κ3) is 7.45. The summed E-state index contributed by atoms with van der Waals surface area (Å²) in [6.07, 6.45) is 2.49. The Balaban J connectivity index is 1.31. The van der Waals surface area contributed by atoms with Crippen LogP contribution in [-0.4, -0.2) is 61.5 Å². The average molecular weight is 459 g/mol. The lowest BCUT2D eigenvalue weighted by atomic mass is 9.95. The minimum Gasteiger partial charge on any atom is -0.493 e. The van der Waals surface area contributed by atoms with Crippen LogP contribution in [-0.2, 0) is 9.59 Å². The molecule has 0 radical (unpaired) electrons. The summed E-state index contributed by atoms with van der Waals surface area (Å²) in [6, 6.07) is 16.8. The molecule has 2 amide bonds. The van der Waals surface area contributed by atoms with Gasteiger partial charge in [0, 0.05) is 37.6 Å². The fourth-order valence-electron chi connectivity index (χ4n) is 3.78. The number of amides is 2. The van der Waals surface area contributed by atoms with Gasteiger partial charge in [-0.15, -0.1) is 0 Å². The summed E-state index contributed by atoms with van der Waals surface area (Å²) < 4.78 is 11.3. The molecule has 0 spiro atoms. The van der Waals surface area contributed by atoms with Crippen LogP contribution >= 0.6 is 11.6 Å². The second-order valence-electron chi connectivity index (χ2n) is 7.99. The van der Waals surface area contributed by atoms with Crippen molar-refractivity contribution in [1.82, 2.24) is 9.80 Å². The molecule has 7 heteroatoms. The van der Waals surface area contributed by atoms with Gasteiger partial charge in [0.25, 0.3) is 0 Å². The van der Waals surface area contributed by atoms with Gasteiger partial charge >= 0.3 is 0 Å². The lowest BCUT2D eigenvalue weighted by Gasteiger charge is -2.33. The van der Waals surface area contributed by atoms with E-state index in [1.165, 1.54) is 0 Å². The third-order valence-electron chi connectivity index (χ3n) is 5.60. The topological polar surface area (TPSA) is 59.1 Å². The molecule has 6 nitrogen and oxygen atoms in total. The normalized spacial score (nSPS) is 14.1. The molecule has 2 aromatic carbocycles. The van der Waals surface area contributed by atoms with Crippen LogP contribution in [0, 0.1) is 5.92 Å². The Kier molecular flexibility index (Phi) is 9.23. The van der Waals surface area contributed by atoms with E-state index in [0.29, 0.717) is 57.1 Å². The number of hydrogen-bond donors (Lipinski definition) is 0. The molecule has 2 aromatic rings. The molecule has 0 aromatic heterocycles. The summed E-state index contributed by atoms with van der Waals surface area (Å²) in [5, 5.41) is 0.642. The van der Waals surface area contributed by atoms with Crippen LogP contribution in [0.1, 0.15) is 25.7 Å². The van der Waals surface area contributed by atoms with Crippen molar-refractivity contribution in [3.05, 3.63) is 59.6 Å². The molecule has 172 valence electrons. The number of nitrogens with zero attached hydrogens (tertiary/aromatic N) is 2. The Morgan fingerprint density at radius 2 is 1.69 bits per heavy atom. The third-order valence-corrected chi connectivity index (χ3v) is 5.84. The second kappa shape index (κ2) is 12.3. The molecule has 1 saturated heterocycles. The number of para-hydroxylation sites is 1. The zero-order valence-corrected chi connectivity index (χ0v) is 19.3. The van der Waals surface area contributed by atoms with Crippen LogP contribution in [0.15, 0.2) is 54.6 Å². The molecule has 0 bridgehead atoms. The van der Waals surface area contributed by atoms with Gasteiger partial charge in [0.05, 0.1) is 19.6 Å². The Bertz CT molecular complexity index is 869. The highest BCUT2D eigenvalue weighted by Gasteiger charge is 2.28. The summed E-state index contributed by atoms with van der Waals surface area (Å²) in [5.74, 6) is 1.70. The Morgan fingerprint density at radius 1 is 1.00 bits per heavy atom. The van der Waals surface area contributed by atoms with Gasteiger partial charge in [-0.05, 0) is 49.6 Å². The summed E-state index contributed by atoms with van der Waals surface area (Å²) in [4.78, 5) is 28.8. The first-order valence-corrected chi connectivity index (χ1v) is 11.5. The summed E-state index contributed by atoms with van der Waals surface area (Å²) in [6.45, 7) is 2.76. The van der Waals surface area contributed by atoms with E-state index in [-0.39, 0.29) is 17.7 Å². The maximum Gasteiger partial charge on any atom is 0.225 e. The maximum absolute atomic E-state index is 12.8. The molecule has 0 N–H and O–H groups in total. The highest BCUT2D eigenvalue weighted by molar-refractivity contribution is 6.30. The van der Waals surface area contributed by atoms with Crippen molar-refractivity contribution in [2.45, 2.75) is 25.7 Å². The van der Waals surface area contributed by atoms with Crippen LogP contribution in [0.3, 0.4) is 0 Å². The van der Waals surface area contributed by atoms with E-state index < -0.39 is 0 Å². The fraction of sp³-hybridized carbons (Fsp3) is 0.440. The molecular formula is C25H31ClN2O4. The van der Waals surface area contributed by atoms with Crippen molar-refractivity contribution >= 4 is 23.4 Å². The van der Waals surface area contributed by atoms with Gasteiger partial charge in [0.15, 0.2) is 0 Å². The van der Waals surface area contributed by atoms with E-state index >= 15 is 0 Å². The minimum atomic E-state index is -0.0292. The van der Waals surface area contributed by atoms with Gasteiger partial charge < -0.3 is 19.3 Å². The molecule has 0 saturated carbocycles. The molecular weight excluding hydrogens is 428 g/mol. The summed E-state index contributed by atoms with van der Waals surface area (Å²) in [7, 11) is 1.83. The SMILES string of the molecule is CN(CCCOc1cccc(Cl)c1)C(=O)C1CCN(C(=O)CCOc2ccccc2)CC1. The molecule has 1 aliphatic rings. The number of likely N-dealkylation sites (tertiary alicyclic amines) is 1. The van der Waals surface area contributed by atoms with Gasteiger partial charge in [-0.1, -0.05) is 35.9 Å². The van der Waals surface area contributed by atoms with E-state index in [1.807, 2.05) is 54.4 Å². The van der Waals surface area contributed by atoms with Gasteiger partial charge in [-0.25, -0.2) is 0 Å². The van der Waals surface area contributed by atoms with Crippen molar-refractivity contribution in [3.8, 4) is 11.5 Å². The van der Waals surface area contributed by atoms with E-state index in [2.05, 4.69) is 0 Å². The molecule has 0 atom stereocenters. The first-order valence-electron chi connectivity index (χ1n) is 11.1. The Hall–Kier alpha value is -2.73. The van der Waals surface area contributed by atoms with Gasteiger partial charge in [-0.2, -0.15) is 0 Å². The molecule has 1 aliphatic heterocycles. The van der Waals surface area contributed by atoms with Crippen LogP contribution in [0.5, 0.6) is 11.5 Å². The van der Waals surface area contributed by atoms with Crippen molar-refractivity contribution in [1.29, 1.82) is 0 Å². The zero-order valence-electron chi connectivity index (χ0n) is 18.5. The number of halogens is 1. The lowest BCUT2D eigenvalue weighted by molar-refractivity contribution is -0.140. The van der Waals surface area contributed by atoms with Crippen LogP contribution in [0.4, 0.5) is 0 Å². The molecule has 32 heavy (non-hydrogen) atoms. The first kappa shape index (κ1) is 23.9. The standard InChI is InChI=1S/C25H31ClN2O4/c1-27(14-6-17-31-23-10-5-7-21(26)19-23)25(30)20-11-15-28(16-12-20)24(29)13-18-32-22-8-3-2-4-9-22/h2-5,7-10,19-20H,6,11-18H2,1H3. The zero-order chi connectivity index (χ0) is 22.8. The Labute approximate surface area is 195 Å². The fourth-order valence-corrected chi connectivity index (χ4v) is 3.96. The molecule has 0 unspecified atom stereocenters. The van der Waals surface area contributed by atoms with Crippen molar-refractivity contribution in [2.24, 2.45) is 5.92 Å². The number of ether oxygens (including phenoxy) is 2. The van der Waals surface area contributed by atoms with Gasteiger partial charge in [0.1, 0.15) is 11.5 Å². The average Bonchev–Trinajstić information content (AvgIpc) is 2.82. The number of carbonyl (C=O) groups is 2. The predicted octanol–water partition coefficient (Wildman–Crippen LogP) is 4.28. The molecule has 1 heterocycles. The number of piperidine rings is 1. The summed E-state index contributed by atoms with van der Waals surface area (Å²) >= 11 is 5.95. The van der Waals surface area contributed by atoms with Crippen molar-refractivity contribution < 1.29 is 19.1 Å². The van der Waals surface area contributed by atoms with Crippen molar-refractivity contribution in [2.75, 3.05) is 39.9 Å². The van der Waals surface area contributed by atoms with E-state index in [9.17, 15) is 9.59 Å². The maximum atomic E-state index is 12.8. The largest absolute Gasteiger partial charge is 0.493 e. The van der Waals surface area contributed by atoms with E-state index in [1.54, 1.807) is 17.0 Å². The second-order valence-corrected chi connectivity index (χ2v) is 8.42. The number of hydrogen-bond acceptors (Lipinski definition) is 4. The van der Waals surface area contributed by atoms with Crippen LogP contribution < -0.4 is 9.47 Å². The molecule has 1 fully saturated rings. The Morgan fingerprint density at radius 3 is 2.41 bits per heavy atom. The number of benzene rings is 2. The van der Waals surface area contributed by atoms with E-state index in [0.717, 1.165) is 17.9 Å². The van der Waals surface area contributed by atoms with Crippen LogP contribution in [0.25, 0.3) is 0 Å². The van der Waals surface area contributed by atoms with Crippen LogP contribution in [0.2, 0.25) is 5.02 Å². The number of rotatable bonds is 10. The van der Waals surface area contributed by atoms with E-state index in [4.69, 9.17) is 21.1 Å². The smallest absolute Gasteiger partial charge is 0.225 e. The first-order chi connectivity index (χ1) is 15.5. The highest BCUT2D eigenvalue weighted by atomic mass is 35.5.